The third-order valence-electron chi connectivity index (χ3n) is 2.43. The van der Waals surface area contributed by atoms with Crippen LogP contribution in [0.15, 0.2) is 35.3 Å². The van der Waals surface area contributed by atoms with E-state index in [1.165, 1.54) is 18.3 Å². The molecule has 0 radical (unpaired) electrons. The van der Waals surface area contributed by atoms with Crippen molar-refractivity contribution in [2.75, 3.05) is 5.32 Å². The fourth-order valence-electron chi connectivity index (χ4n) is 1.49. The molecule has 0 aliphatic heterocycles. The van der Waals surface area contributed by atoms with Crippen LogP contribution in [0.4, 0.5) is 14.5 Å². The summed E-state index contributed by atoms with van der Waals surface area (Å²) in [4.78, 5) is 11.2. The quantitative estimate of drug-likeness (QED) is 0.891. The summed E-state index contributed by atoms with van der Waals surface area (Å²) in [7, 11) is 0. The number of hydrogen-bond acceptors (Lipinski definition) is 4. The van der Waals surface area contributed by atoms with Crippen LogP contribution in [-0.4, -0.2) is 16.8 Å². The molecule has 0 fully saturated rings. The van der Waals surface area contributed by atoms with Crippen molar-refractivity contribution >= 4 is 17.3 Å². The number of benzene rings is 1. The van der Waals surface area contributed by atoms with Crippen molar-refractivity contribution in [2.45, 2.75) is 13.2 Å². The summed E-state index contributed by atoms with van der Waals surface area (Å²) in [6.45, 7) is -2.49. The molecule has 0 unspecified atom stereocenters. The Morgan fingerprint density at radius 2 is 2.05 bits per heavy atom. The van der Waals surface area contributed by atoms with E-state index in [-0.39, 0.29) is 10.8 Å². The van der Waals surface area contributed by atoms with Gasteiger partial charge >= 0.3 is 6.61 Å². The minimum absolute atomic E-state index is 0.0117. The lowest BCUT2D eigenvalue weighted by Gasteiger charge is -2.08. The smallest absolute Gasteiger partial charge is 0.387 e. The van der Waals surface area contributed by atoms with Crippen LogP contribution in [0.1, 0.15) is 5.56 Å². The average Bonchev–Trinajstić information content (AvgIpc) is 2.41. The molecule has 2 rings (SSSR count). The van der Waals surface area contributed by atoms with Crippen LogP contribution in [0, 0.1) is 0 Å². The van der Waals surface area contributed by atoms with Gasteiger partial charge in [-0.25, -0.2) is 5.10 Å². The highest BCUT2D eigenvalue weighted by atomic mass is 35.5. The van der Waals surface area contributed by atoms with Gasteiger partial charge < -0.3 is 10.1 Å². The van der Waals surface area contributed by atoms with E-state index < -0.39 is 12.2 Å². The molecule has 8 heteroatoms. The average molecular weight is 302 g/mol. The molecule has 0 spiro atoms. The zero-order chi connectivity index (χ0) is 14.5. The second kappa shape index (κ2) is 6.33. The number of aromatic amines is 1. The molecule has 5 nitrogen and oxygen atoms in total. The highest BCUT2D eigenvalue weighted by Gasteiger charge is 2.06. The van der Waals surface area contributed by atoms with Crippen molar-refractivity contribution < 1.29 is 13.5 Å². The largest absolute Gasteiger partial charge is 0.435 e. The Morgan fingerprint density at radius 1 is 1.35 bits per heavy atom. The normalized spacial score (nSPS) is 10.6. The van der Waals surface area contributed by atoms with Gasteiger partial charge in [0.1, 0.15) is 10.8 Å². The van der Waals surface area contributed by atoms with Crippen LogP contribution >= 0.6 is 11.6 Å². The lowest BCUT2D eigenvalue weighted by atomic mass is 10.2. The Kier molecular flexibility index (Phi) is 4.52. The summed E-state index contributed by atoms with van der Waals surface area (Å²) < 4.78 is 28.2. The third kappa shape index (κ3) is 3.67. The van der Waals surface area contributed by atoms with Crippen LogP contribution in [0.3, 0.4) is 0 Å². The molecule has 2 N–H and O–H groups in total. The van der Waals surface area contributed by atoms with Crippen LogP contribution in [0.5, 0.6) is 5.75 Å². The summed E-state index contributed by atoms with van der Waals surface area (Å²) in [6, 6.07) is 6.11. The van der Waals surface area contributed by atoms with Gasteiger partial charge in [-0.1, -0.05) is 23.7 Å². The molecular weight excluding hydrogens is 292 g/mol. The minimum atomic E-state index is -2.85. The Hall–Kier alpha value is -2.15. The van der Waals surface area contributed by atoms with Crippen LogP contribution in [0.25, 0.3) is 0 Å². The number of anilines is 1. The van der Waals surface area contributed by atoms with Gasteiger partial charge in [0.25, 0.3) is 5.56 Å². The second-order valence-electron chi connectivity index (χ2n) is 3.80. The highest BCUT2D eigenvalue weighted by molar-refractivity contribution is 6.32. The summed E-state index contributed by atoms with van der Waals surface area (Å²) >= 11 is 5.79. The Balaban J connectivity index is 2.00. The Labute approximate surface area is 117 Å². The monoisotopic (exact) mass is 301 g/mol. The predicted molar refractivity (Wildman–Crippen MR) is 70.3 cm³/mol. The zero-order valence-corrected chi connectivity index (χ0v) is 10.8. The number of H-pyrrole nitrogens is 1. The number of rotatable bonds is 5. The SMILES string of the molecule is O=c1[nH]ncc(NCc2ccc(OC(F)F)cc2)c1Cl. The first-order valence-corrected chi connectivity index (χ1v) is 5.95. The van der Waals surface area contributed by atoms with Crippen LogP contribution < -0.4 is 15.6 Å². The first-order valence-electron chi connectivity index (χ1n) is 5.57. The number of alkyl halides is 2. The summed E-state index contributed by atoms with van der Waals surface area (Å²) in [5.41, 5.74) is 0.712. The van der Waals surface area contributed by atoms with Crippen molar-refractivity contribution in [3.05, 3.63) is 51.4 Å². The van der Waals surface area contributed by atoms with Crippen molar-refractivity contribution in [3.63, 3.8) is 0 Å². The molecular formula is C12H10ClF2N3O2. The second-order valence-corrected chi connectivity index (χ2v) is 4.18. The fraction of sp³-hybridized carbons (Fsp3) is 0.167. The van der Waals surface area contributed by atoms with Gasteiger partial charge in [-0.05, 0) is 17.7 Å². The van der Waals surface area contributed by atoms with Crippen LogP contribution in [0.2, 0.25) is 5.02 Å². The topological polar surface area (TPSA) is 67.0 Å². The zero-order valence-electron chi connectivity index (χ0n) is 10.1. The summed E-state index contributed by atoms with van der Waals surface area (Å²) in [5.74, 6) is 0.0830. The van der Waals surface area contributed by atoms with E-state index in [1.807, 2.05) is 0 Å². The molecule has 1 heterocycles. The van der Waals surface area contributed by atoms with E-state index >= 15 is 0 Å². The molecule has 0 saturated heterocycles. The Morgan fingerprint density at radius 3 is 2.70 bits per heavy atom. The molecule has 1 aromatic carbocycles. The van der Waals surface area contributed by atoms with E-state index in [2.05, 4.69) is 20.3 Å². The molecule has 0 aliphatic rings. The summed E-state index contributed by atoms with van der Waals surface area (Å²) in [6.07, 6.45) is 1.39. The van der Waals surface area contributed by atoms with E-state index in [1.54, 1.807) is 12.1 Å². The molecule has 0 atom stereocenters. The standard InChI is InChI=1S/C12H10ClF2N3O2/c13-10-9(6-17-18-11(10)19)16-5-7-1-3-8(4-2-7)20-12(14)15/h1-4,6,12H,5H2,(H2,16,18,19). The maximum Gasteiger partial charge on any atom is 0.387 e. The van der Waals surface area contributed by atoms with E-state index in [0.717, 1.165) is 5.56 Å². The van der Waals surface area contributed by atoms with E-state index in [0.29, 0.717) is 12.2 Å². The van der Waals surface area contributed by atoms with Gasteiger partial charge in [0, 0.05) is 6.54 Å². The fourth-order valence-corrected chi connectivity index (χ4v) is 1.65. The molecule has 0 aliphatic carbocycles. The van der Waals surface area contributed by atoms with Gasteiger partial charge in [0.15, 0.2) is 0 Å². The number of aromatic nitrogens is 2. The molecule has 2 aromatic rings. The number of nitrogens with one attached hydrogen (secondary N) is 2. The van der Waals surface area contributed by atoms with Gasteiger partial charge in [-0.15, -0.1) is 0 Å². The molecule has 0 amide bonds. The molecule has 0 bridgehead atoms. The van der Waals surface area contributed by atoms with Crippen molar-refractivity contribution in [3.8, 4) is 5.75 Å². The number of hydrogen-bond donors (Lipinski definition) is 2. The van der Waals surface area contributed by atoms with E-state index in [9.17, 15) is 13.6 Å². The van der Waals surface area contributed by atoms with Gasteiger partial charge in [-0.3, -0.25) is 4.79 Å². The van der Waals surface area contributed by atoms with Crippen molar-refractivity contribution in [1.82, 2.24) is 10.2 Å². The van der Waals surface area contributed by atoms with Gasteiger partial charge in [0.2, 0.25) is 0 Å². The lowest BCUT2D eigenvalue weighted by Crippen LogP contribution is -2.11. The van der Waals surface area contributed by atoms with Gasteiger partial charge in [-0.2, -0.15) is 13.9 Å². The molecule has 0 saturated carbocycles. The molecule has 20 heavy (non-hydrogen) atoms. The number of halogens is 3. The van der Waals surface area contributed by atoms with Crippen molar-refractivity contribution in [1.29, 1.82) is 0 Å². The van der Waals surface area contributed by atoms with Crippen LogP contribution in [-0.2, 0) is 6.54 Å². The highest BCUT2D eigenvalue weighted by Crippen LogP contribution is 2.18. The first-order chi connectivity index (χ1) is 9.56. The first kappa shape index (κ1) is 14.3. The number of nitrogens with zero attached hydrogens (tertiary/aromatic N) is 1. The predicted octanol–water partition coefficient (Wildman–Crippen LogP) is 2.64. The van der Waals surface area contributed by atoms with Crippen molar-refractivity contribution in [2.24, 2.45) is 0 Å². The lowest BCUT2D eigenvalue weighted by molar-refractivity contribution is -0.0498. The van der Waals surface area contributed by atoms with E-state index in [4.69, 9.17) is 11.6 Å². The minimum Gasteiger partial charge on any atom is -0.435 e. The molecule has 106 valence electrons. The summed E-state index contributed by atoms with van der Waals surface area (Å²) in [5, 5.41) is 8.75. The Bertz CT molecular complexity index is 631. The molecule has 1 aromatic heterocycles. The third-order valence-corrected chi connectivity index (χ3v) is 2.80. The van der Waals surface area contributed by atoms with Gasteiger partial charge in [0.05, 0.1) is 11.9 Å². The maximum absolute atomic E-state index is 12.0. The maximum atomic E-state index is 12.0. The number of ether oxygens (including phenoxy) is 1.